The molecule has 1 aromatic carbocycles. The van der Waals surface area contributed by atoms with E-state index in [2.05, 4.69) is 4.90 Å². The first kappa shape index (κ1) is 17.5. The Labute approximate surface area is 151 Å². The van der Waals surface area contributed by atoms with Crippen molar-refractivity contribution >= 4 is 10.0 Å². The molecule has 5 nitrogen and oxygen atoms in total. The fourth-order valence-corrected chi connectivity index (χ4v) is 5.54. The quantitative estimate of drug-likeness (QED) is 0.743. The first-order chi connectivity index (χ1) is 12.1. The van der Waals surface area contributed by atoms with Crippen LogP contribution in [0.2, 0.25) is 0 Å². The normalized spacial score (nSPS) is 23.7. The van der Waals surface area contributed by atoms with Crippen LogP contribution in [0, 0.1) is 5.92 Å². The van der Waals surface area contributed by atoms with Crippen molar-refractivity contribution in [2.24, 2.45) is 5.92 Å². The van der Waals surface area contributed by atoms with Crippen LogP contribution in [0.3, 0.4) is 0 Å². The van der Waals surface area contributed by atoms with Gasteiger partial charge in [0.15, 0.2) is 0 Å². The number of rotatable bonds is 7. The van der Waals surface area contributed by atoms with E-state index in [1.165, 1.54) is 12.8 Å². The summed E-state index contributed by atoms with van der Waals surface area (Å²) in [6.45, 7) is 4.13. The van der Waals surface area contributed by atoms with Crippen LogP contribution in [0.5, 0.6) is 0 Å². The minimum Gasteiger partial charge on any atom is -0.381 e. The number of benzene rings is 1. The van der Waals surface area contributed by atoms with E-state index in [1.807, 2.05) is 30.3 Å². The average molecular weight is 365 g/mol. The number of hydrogen-bond donors (Lipinski definition) is 0. The zero-order valence-electron chi connectivity index (χ0n) is 14.7. The lowest BCUT2D eigenvalue weighted by Crippen LogP contribution is -2.63. The second-order valence-corrected chi connectivity index (χ2v) is 9.67. The molecule has 3 fully saturated rings. The lowest BCUT2D eigenvalue weighted by molar-refractivity contribution is -0.0127. The maximum Gasteiger partial charge on any atom is 0.218 e. The molecule has 0 bridgehead atoms. The van der Waals surface area contributed by atoms with Crippen molar-refractivity contribution in [1.82, 2.24) is 9.21 Å². The highest BCUT2D eigenvalue weighted by Gasteiger charge is 2.42. The van der Waals surface area contributed by atoms with E-state index in [-0.39, 0.29) is 5.75 Å². The first-order valence-electron chi connectivity index (χ1n) is 9.47. The van der Waals surface area contributed by atoms with Gasteiger partial charge >= 0.3 is 0 Å². The lowest BCUT2D eigenvalue weighted by atomic mass is 10.0. The first-order valence-corrected chi connectivity index (χ1v) is 11.1. The molecular formula is C19H28N2O3S. The van der Waals surface area contributed by atoms with Gasteiger partial charge < -0.3 is 4.74 Å². The molecule has 138 valence electrons. The molecule has 0 spiro atoms. The van der Waals surface area contributed by atoms with Crippen molar-refractivity contribution in [2.45, 2.75) is 43.5 Å². The van der Waals surface area contributed by atoms with Crippen LogP contribution in [0.15, 0.2) is 30.3 Å². The average Bonchev–Trinajstić information content (AvgIpc) is 3.38. The van der Waals surface area contributed by atoms with E-state index in [9.17, 15) is 8.42 Å². The SMILES string of the molecule is O=S(=O)(Cc1ccccc1)N1CC(N(CC2CC2)C2CCOCC2)C1. The van der Waals surface area contributed by atoms with Crippen molar-refractivity contribution in [3.05, 3.63) is 35.9 Å². The summed E-state index contributed by atoms with van der Waals surface area (Å²) in [5.41, 5.74) is 0.866. The van der Waals surface area contributed by atoms with Crippen LogP contribution in [0.4, 0.5) is 0 Å². The monoisotopic (exact) mass is 364 g/mol. The molecule has 6 heteroatoms. The van der Waals surface area contributed by atoms with E-state index in [0.29, 0.717) is 25.2 Å². The van der Waals surface area contributed by atoms with E-state index in [0.717, 1.165) is 44.1 Å². The Morgan fingerprint density at radius 2 is 1.68 bits per heavy atom. The topological polar surface area (TPSA) is 49.9 Å². The third-order valence-corrected chi connectivity index (χ3v) is 7.49. The number of hydrogen-bond acceptors (Lipinski definition) is 4. The van der Waals surface area contributed by atoms with Crippen molar-refractivity contribution in [1.29, 1.82) is 0 Å². The highest BCUT2D eigenvalue weighted by atomic mass is 32.2. The maximum atomic E-state index is 12.6. The molecule has 2 aliphatic heterocycles. The van der Waals surface area contributed by atoms with Crippen LogP contribution in [-0.2, 0) is 20.5 Å². The molecular weight excluding hydrogens is 336 g/mol. The fourth-order valence-electron chi connectivity index (χ4n) is 3.94. The van der Waals surface area contributed by atoms with Gasteiger partial charge in [0.2, 0.25) is 10.0 Å². The summed E-state index contributed by atoms with van der Waals surface area (Å²) in [5.74, 6) is 0.943. The predicted octanol–water partition coefficient (Wildman–Crippen LogP) is 2.09. The summed E-state index contributed by atoms with van der Waals surface area (Å²) in [6.07, 6.45) is 4.84. The second kappa shape index (κ2) is 7.35. The summed E-state index contributed by atoms with van der Waals surface area (Å²) in [7, 11) is -3.20. The fraction of sp³-hybridized carbons (Fsp3) is 0.684. The summed E-state index contributed by atoms with van der Waals surface area (Å²) in [6, 6.07) is 10.4. The van der Waals surface area contributed by atoms with Gasteiger partial charge in [-0.05, 0) is 37.2 Å². The Morgan fingerprint density at radius 1 is 1.00 bits per heavy atom. The molecule has 0 amide bonds. The van der Waals surface area contributed by atoms with Gasteiger partial charge in [-0.2, -0.15) is 4.31 Å². The molecule has 2 heterocycles. The Bertz CT molecular complexity index is 663. The van der Waals surface area contributed by atoms with Gasteiger partial charge in [0.1, 0.15) is 0 Å². The van der Waals surface area contributed by atoms with E-state index < -0.39 is 10.0 Å². The van der Waals surface area contributed by atoms with Crippen molar-refractivity contribution < 1.29 is 13.2 Å². The molecule has 0 N–H and O–H groups in total. The van der Waals surface area contributed by atoms with Gasteiger partial charge in [-0.1, -0.05) is 30.3 Å². The largest absolute Gasteiger partial charge is 0.381 e. The molecule has 25 heavy (non-hydrogen) atoms. The molecule has 3 aliphatic rings. The maximum absolute atomic E-state index is 12.6. The summed E-state index contributed by atoms with van der Waals surface area (Å²) in [4.78, 5) is 2.61. The minimum absolute atomic E-state index is 0.112. The Hall–Kier alpha value is -0.950. The summed E-state index contributed by atoms with van der Waals surface area (Å²) in [5, 5.41) is 0. The molecule has 1 saturated carbocycles. The highest BCUT2D eigenvalue weighted by Crippen LogP contribution is 2.34. The van der Waals surface area contributed by atoms with E-state index in [4.69, 9.17) is 4.74 Å². The zero-order chi connectivity index (χ0) is 17.3. The van der Waals surface area contributed by atoms with Gasteiger partial charge in [-0.15, -0.1) is 0 Å². The molecule has 2 saturated heterocycles. The van der Waals surface area contributed by atoms with Gasteiger partial charge in [-0.3, -0.25) is 4.90 Å². The van der Waals surface area contributed by atoms with E-state index in [1.54, 1.807) is 4.31 Å². The molecule has 0 radical (unpaired) electrons. The third kappa shape index (κ3) is 4.25. The molecule has 0 unspecified atom stereocenters. The third-order valence-electron chi connectivity index (χ3n) is 5.71. The predicted molar refractivity (Wildman–Crippen MR) is 97.7 cm³/mol. The lowest BCUT2D eigenvalue weighted by Gasteiger charge is -2.48. The van der Waals surface area contributed by atoms with Crippen LogP contribution in [0.1, 0.15) is 31.2 Å². The van der Waals surface area contributed by atoms with Crippen molar-refractivity contribution in [2.75, 3.05) is 32.8 Å². The zero-order valence-corrected chi connectivity index (χ0v) is 15.5. The highest BCUT2D eigenvalue weighted by molar-refractivity contribution is 7.88. The summed E-state index contributed by atoms with van der Waals surface area (Å²) >= 11 is 0. The Balaban J connectivity index is 1.36. The molecule has 0 aromatic heterocycles. The van der Waals surface area contributed by atoms with Crippen molar-refractivity contribution in [3.63, 3.8) is 0 Å². The summed E-state index contributed by atoms with van der Waals surface area (Å²) < 4.78 is 32.5. The molecule has 0 atom stereocenters. The van der Waals surface area contributed by atoms with Crippen LogP contribution < -0.4 is 0 Å². The number of nitrogens with zero attached hydrogens (tertiary/aromatic N) is 2. The Kier molecular flexibility index (Phi) is 5.13. The van der Waals surface area contributed by atoms with Gasteiger partial charge in [-0.25, -0.2) is 8.42 Å². The molecule has 1 aliphatic carbocycles. The number of ether oxygens (including phenoxy) is 1. The van der Waals surface area contributed by atoms with Gasteiger partial charge in [0.25, 0.3) is 0 Å². The molecule has 4 rings (SSSR count). The van der Waals surface area contributed by atoms with E-state index >= 15 is 0 Å². The van der Waals surface area contributed by atoms with Gasteiger partial charge in [0.05, 0.1) is 5.75 Å². The van der Waals surface area contributed by atoms with Gasteiger partial charge in [0, 0.05) is 44.9 Å². The second-order valence-electron chi connectivity index (χ2n) is 7.70. The molecule has 1 aromatic rings. The van der Waals surface area contributed by atoms with Crippen LogP contribution in [-0.4, -0.2) is 62.6 Å². The van der Waals surface area contributed by atoms with Crippen molar-refractivity contribution in [3.8, 4) is 0 Å². The minimum atomic E-state index is -3.20. The van der Waals surface area contributed by atoms with Crippen LogP contribution >= 0.6 is 0 Å². The smallest absolute Gasteiger partial charge is 0.218 e. The Morgan fingerprint density at radius 3 is 2.32 bits per heavy atom. The number of sulfonamides is 1. The standard InChI is InChI=1S/C19H28N2O3S/c22-25(23,15-17-4-2-1-3-5-17)20-13-19(14-20)21(12-16-6-7-16)18-8-10-24-11-9-18/h1-5,16,18-19H,6-15H2. The van der Waals surface area contributed by atoms with Crippen LogP contribution in [0.25, 0.3) is 0 Å².